The van der Waals surface area contributed by atoms with Gasteiger partial charge in [0.15, 0.2) is 0 Å². The van der Waals surface area contributed by atoms with Crippen LogP contribution in [-0.4, -0.2) is 23.1 Å². The summed E-state index contributed by atoms with van der Waals surface area (Å²) in [5.41, 5.74) is 1.06. The summed E-state index contributed by atoms with van der Waals surface area (Å²) < 4.78 is 45.9. The third-order valence-electron chi connectivity index (χ3n) is 5.12. The molecular weight excluding hydrogens is 367 g/mol. The zero-order chi connectivity index (χ0) is 20.3. The maximum Gasteiger partial charge on any atom is 0.423 e. The number of nitrogens with zero attached hydrogens (tertiary/aromatic N) is 3. The summed E-state index contributed by atoms with van der Waals surface area (Å²) in [4.78, 5) is 9.75. The quantitative estimate of drug-likeness (QED) is 0.615. The number of hydrogen-bond donors (Lipinski definition) is 0. The van der Waals surface area contributed by atoms with Crippen LogP contribution in [0, 0.1) is 0 Å². The van der Waals surface area contributed by atoms with E-state index < -0.39 is 11.7 Å². The highest BCUT2D eigenvalue weighted by molar-refractivity contribution is 5.57. The number of halogens is 3. The second kappa shape index (κ2) is 8.37. The molecule has 4 nitrogen and oxygen atoms in total. The van der Waals surface area contributed by atoms with Crippen molar-refractivity contribution in [2.24, 2.45) is 0 Å². The average Bonchev–Trinajstić information content (AvgIpc) is 2.67. The Kier molecular flexibility index (Phi) is 6.10. The van der Waals surface area contributed by atoms with E-state index in [9.17, 15) is 13.2 Å². The van der Waals surface area contributed by atoms with Crippen LogP contribution in [0.3, 0.4) is 0 Å². The van der Waals surface area contributed by atoms with E-state index in [1.165, 1.54) is 5.56 Å². The van der Waals surface area contributed by atoms with Crippen LogP contribution in [0.4, 0.5) is 24.8 Å². The Labute approximate surface area is 163 Å². The molecule has 3 rings (SSSR count). The number of rotatable bonds is 5. The standard InChI is InChI=1S/C21H26F3N3O/c1-14(2)15-9-11-16(12-10-15)27(3)20-25-13-18(21(22,23)24)19(26-20)28-17-7-5-4-6-8-17/h9-14,17H,4-8H2,1-3H3. The van der Waals surface area contributed by atoms with E-state index in [2.05, 4.69) is 23.8 Å². The van der Waals surface area contributed by atoms with Crippen LogP contribution in [0.15, 0.2) is 30.5 Å². The predicted molar refractivity (Wildman–Crippen MR) is 103 cm³/mol. The largest absolute Gasteiger partial charge is 0.474 e. The number of hydrogen-bond acceptors (Lipinski definition) is 4. The van der Waals surface area contributed by atoms with Crippen LogP contribution in [0.5, 0.6) is 5.88 Å². The number of ether oxygens (including phenoxy) is 1. The number of alkyl halides is 3. The second-order valence-electron chi connectivity index (χ2n) is 7.57. The lowest BCUT2D eigenvalue weighted by molar-refractivity contribution is -0.140. The van der Waals surface area contributed by atoms with Gasteiger partial charge in [-0.05, 0) is 49.3 Å². The minimum absolute atomic E-state index is 0.177. The molecule has 0 aliphatic heterocycles. The van der Waals surface area contributed by atoms with Gasteiger partial charge in [-0.2, -0.15) is 18.2 Å². The first kappa shape index (κ1) is 20.4. The molecule has 28 heavy (non-hydrogen) atoms. The summed E-state index contributed by atoms with van der Waals surface area (Å²) >= 11 is 0. The molecule has 1 aliphatic rings. The zero-order valence-electron chi connectivity index (χ0n) is 16.5. The van der Waals surface area contributed by atoms with Gasteiger partial charge in [0.05, 0.1) is 0 Å². The van der Waals surface area contributed by atoms with Crippen molar-refractivity contribution in [2.75, 3.05) is 11.9 Å². The predicted octanol–water partition coefficient (Wildman–Crippen LogP) is 6.10. The van der Waals surface area contributed by atoms with Crippen LogP contribution in [0.1, 0.15) is 63.0 Å². The lowest BCUT2D eigenvalue weighted by Gasteiger charge is -2.25. The third kappa shape index (κ3) is 4.75. The van der Waals surface area contributed by atoms with E-state index in [1.807, 2.05) is 24.3 Å². The lowest BCUT2D eigenvalue weighted by Crippen LogP contribution is -2.23. The Bertz CT molecular complexity index is 784. The molecule has 0 spiro atoms. The van der Waals surface area contributed by atoms with Crippen molar-refractivity contribution in [3.8, 4) is 5.88 Å². The summed E-state index contributed by atoms with van der Waals surface area (Å²) in [6.45, 7) is 4.21. The molecular formula is C21H26F3N3O. The van der Waals surface area contributed by atoms with Crippen LogP contribution in [0.2, 0.25) is 0 Å². The molecule has 152 valence electrons. The fourth-order valence-electron chi connectivity index (χ4n) is 3.34. The van der Waals surface area contributed by atoms with E-state index in [4.69, 9.17) is 4.74 Å². The summed E-state index contributed by atoms with van der Waals surface area (Å²) in [6, 6.07) is 7.83. The first-order valence-electron chi connectivity index (χ1n) is 9.70. The Hall–Kier alpha value is -2.31. The fourth-order valence-corrected chi connectivity index (χ4v) is 3.34. The van der Waals surface area contributed by atoms with Crippen molar-refractivity contribution in [3.05, 3.63) is 41.6 Å². The van der Waals surface area contributed by atoms with Crippen molar-refractivity contribution in [1.29, 1.82) is 0 Å². The second-order valence-corrected chi connectivity index (χ2v) is 7.57. The third-order valence-corrected chi connectivity index (χ3v) is 5.12. The summed E-state index contributed by atoms with van der Waals surface area (Å²) in [5.74, 6) is 0.198. The first-order chi connectivity index (χ1) is 13.3. The van der Waals surface area contributed by atoms with Gasteiger partial charge in [0.2, 0.25) is 11.8 Å². The van der Waals surface area contributed by atoms with E-state index in [1.54, 1.807) is 11.9 Å². The maximum atomic E-state index is 13.4. The van der Waals surface area contributed by atoms with Crippen LogP contribution >= 0.6 is 0 Å². The number of benzene rings is 1. The molecule has 0 atom stereocenters. The van der Waals surface area contributed by atoms with Crippen molar-refractivity contribution < 1.29 is 17.9 Å². The molecule has 0 amide bonds. The maximum absolute atomic E-state index is 13.4. The van der Waals surface area contributed by atoms with Gasteiger partial charge in [0.1, 0.15) is 11.7 Å². The normalized spacial score (nSPS) is 15.7. The van der Waals surface area contributed by atoms with Crippen molar-refractivity contribution in [3.63, 3.8) is 0 Å². The van der Waals surface area contributed by atoms with E-state index in [0.29, 0.717) is 5.92 Å². The highest BCUT2D eigenvalue weighted by Gasteiger charge is 2.37. The van der Waals surface area contributed by atoms with E-state index in [-0.39, 0.29) is 17.9 Å². The molecule has 1 aromatic heterocycles. The monoisotopic (exact) mass is 393 g/mol. The Balaban J connectivity index is 1.89. The Morgan fingerprint density at radius 2 is 1.71 bits per heavy atom. The average molecular weight is 393 g/mol. The lowest BCUT2D eigenvalue weighted by atomic mass is 9.98. The molecule has 1 saturated carbocycles. The van der Waals surface area contributed by atoms with Gasteiger partial charge in [-0.25, -0.2) is 4.98 Å². The van der Waals surface area contributed by atoms with Gasteiger partial charge in [0.25, 0.3) is 0 Å². The fraction of sp³-hybridized carbons (Fsp3) is 0.524. The molecule has 7 heteroatoms. The van der Waals surface area contributed by atoms with Gasteiger partial charge >= 0.3 is 6.18 Å². The molecule has 1 fully saturated rings. The molecule has 0 unspecified atom stereocenters. The van der Waals surface area contributed by atoms with Crippen molar-refractivity contribution >= 4 is 11.6 Å². The summed E-state index contributed by atoms with van der Waals surface area (Å²) in [7, 11) is 1.73. The van der Waals surface area contributed by atoms with Gasteiger partial charge in [-0.3, -0.25) is 0 Å². The molecule has 1 aliphatic carbocycles. The zero-order valence-corrected chi connectivity index (χ0v) is 16.5. The van der Waals surface area contributed by atoms with Crippen LogP contribution < -0.4 is 9.64 Å². The van der Waals surface area contributed by atoms with E-state index >= 15 is 0 Å². The van der Waals surface area contributed by atoms with Crippen molar-refractivity contribution in [1.82, 2.24) is 9.97 Å². The number of aromatic nitrogens is 2. The minimum atomic E-state index is -4.56. The smallest absolute Gasteiger partial charge is 0.423 e. The van der Waals surface area contributed by atoms with Crippen LogP contribution in [0.25, 0.3) is 0 Å². The molecule has 0 radical (unpaired) electrons. The molecule has 0 saturated heterocycles. The Morgan fingerprint density at radius 3 is 2.29 bits per heavy atom. The highest BCUT2D eigenvalue weighted by Crippen LogP contribution is 2.37. The summed E-state index contributed by atoms with van der Waals surface area (Å²) in [6.07, 6.45) is 0.563. The molecule has 1 heterocycles. The van der Waals surface area contributed by atoms with E-state index in [0.717, 1.165) is 44.0 Å². The molecule has 1 aromatic carbocycles. The van der Waals surface area contributed by atoms with Gasteiger partial charge < -0.3 is 9.64 Å². The van der Waals surface area contributed by atoms with Crippen molar-refractivity contribution in [2.45, 2.75) is 64.1 Å². The topological polar surface area (TPSA) is 38.2 Å². The molecule has 2 aromatic rings. The minimum Gasteiger partial charge on any atom is -0.474 e. The Morgan fingerprint density at radius 1 is 1.07 bits per heavy atom. The van der Waals surface area contributed by atoms with Gasteiger partial charge in [-0.15, -0.1) is 0 Å². The SMILES string of the molecule is CC(C)c1ccc(N(C)c2ncc(C(F)(F)F)c(OC3CCCCC3)n2)cc1. The van der Waals surface area contributed by atoms with Gasteiger partial charge in [-0.1, -0.05) is 32.4 Å². The summed E-state index contributed by atoms with van der Waals surface area (Å²) in [5, 5.41) is 0. The van der Waals surface area contributed by atoms with Crippen LogP contribution in [-0.2, 0) is 6.18 Å². The molecule has 0 N–H and O–H groups in total. The first-order valence-corrected chi connectivity index (χ1v) is 9.70. The highest BCUT2D eigenvalue weighted by atomic mass is 19.4. The van der Waals surface area contributed by atoms with Gasteiger partial charge in [0, 0.05) is 18.9 Å². The number of anilines is 2. The molecule has 0 bridgehead atoms.